The van der Waals surface area contributed by atoms with Crippen LogP contribution in [0.3, 0.4) is 0 Å². The highest BCUT2D eigenvalue weighted by molar-refractivity contribution is 7.21. The summed E-state index contributed by atoms with van der Waals surface area (Å²) >= 11 is 2.58. The third-order valence-electron chi connectivity index (χ3n) is 3.28. The number of anilines is 1. The number of thiophene rings is 2. The molecule has 0 aliphatic rings. The fraction of sp³-hybridized carbons (Fsp3) is 0.118. The highest BCUT2D eigenvalue weighted by Crippen LogP contribution is 2.28. The second kappa shape index (κ2) is 7.45. The largest absolute Gasteiger partial charge is 0.450 e. The van der Waals surface area contributed by atoms with Gasteiger partial charge in [0.1, 0.15) is 5.00 Å². The van der Waals surface area contributed by atoms with E-state index in [0.29, 0.717) is 9.88 Å². The third kappa shape index (κ3) is 3.86. The molecule has 0 aliphatic carbocycles. The molecule has 0 aliphatic heterocycles. The van der Waals surface area contributed by atoms with Crippen LogP contribution in [-0.2, 0) is 4.74 Å². The number of ether oxygens (including phenoxy) is 1. The van der Waals surface area contributed by atoms with Crippen molar-refractivity contribution in [3.05, 3.63) is 52.2 Å². The Labute approximate surface area is 151 Å². The van der Waals surface area contributed by atoms with Gasteiger partial charge in [-0.1, -0.05) is 18.2 Å². The van der Waals surface area contributed by atoms with Crippen LogP contribution in [0.2, 0.25) is 0 Å². The van der Waals surface area contributed by atoms with E-state index in [0.717, 1.165) is 10.1 Å². The number of imide groups is 1. The SMILES string of the molecule is CCOC(=O)NC(=O)c1ccsc1NC(=O)c1cc2ccccc2s1. The summed E-state index contributed by atoms with van der Waals surface area (Å²) in [5.41, 5.74) is 0.215. The molecule has 0 unspecified atom stereocenters. The highest BCUT2D eigenvalue weighted by Gasteiger charge is 2.19. The van der Waals surface area contributed by atoms with Crippen molar-refractivity contribution in [2.24, 2.45) is 0 Å². The molecule has 6 nitrogen and oxygen atoms in total. The summed E-state index contributed by atoms with van der Waals surface area (Å²) < 4.78 is 5.69. The maximum Gasteiger partial charge on any atom is 0.414 e. The smallest absolute Gasteiger partial charge is 0.414 e. The molecule has 0 bridgehead atoms. The van der Waals surface area contributed by atoms with Crippen LogP contribution in [0.5, 0.6) is 0 Å². The van der Waals surface area contributed by atoms with E-state index >= 15 is 0 Å². The summed E-state index contributed by atoms with van der Waals surface area (Å²) in [6, 6.07) is 11.1. The highest BCUT2D eigenvalue weighted by atomic mass is 32.1. The molecule has 2 heterocycles. The number of benzene rings is 1. The van der Waals surface area contributed by atoms with Gasteiger partial charge in [0.15, 0.2) is 0 Å². The number of fused-ring (bicyclic) bond motifs is 1. The maximum atomic E-state index is 12.5. The topological polar surface area (TPSA) is 84.5 Å². The number of amides is 3. The molecule has 25 heavy (non-hydrogen) atoms. The first-order valence-corrected chi connectivity index (χ1v) is 9.13. The summed E-state index contributed by atoms with van der Waals surface area (Å²) in [4.78, 5) is 36.5. The molecule has 2 N–H and O–H groups in total. The van der Waals surface area contributed by atoms with E-state index in [9.17, 15) is 14.4 Å². The van der Waals surface area contributed by atoms with Crippen LogP contribution in [0.25, 0.3) is 10.1 Å². The van der Waals surface area contributed by atoms with Crippen LogP contribution in [0.4, 0.5) is 9.80 Å². The Kier molecular flexibility index (Phi) is 5.11. The zero-order valence-electron chi connectivity index (χ0n) is 13.2. The molecule has 0 fully saturated rings. The predicted octanol–water partition coefficient (Wildman–Crippen LogP) is 4.10. The molecule has 0 atom stereocenters. The van der Waals surface area contributed by atoms with Gasteiger partial charge in [0, 0.05) is 4.70 Å². The fourth-order valence-corrected chi connectivity index (χ4v) is 3.91. The summed E-state index contributed by atoms with van der Waals surface area (Å²) in [6.07, 6.45) is -0.819. The molecule has 0 spiro atoms. The lowest BCUT2D eigenvalue weighted by molar-refractivity contribution is 0.0926. The number of carbonyl (C=O) groups is 3. The lowest BCUT2D eigenvalue weighted by atomic mass is 10.2. The molecule has 2 aromatic heterocycles. The van der Waals surface area contributed by atoms with E-state index in [1.807, 2.05) is 24.3 Å². The Morgan fingerprint density at radius 1 is 1.12 bits per heavy atom. The molecule has 1 aromatic carbocycles. The van der Waals surface area contributed by atoms with Gasteiger partial charge in [0.05, 0.1) is 17.0 Å². The average Bonchev–Trinajstić information content (AvgIpc) is 3.21. The summed E-state index contributed by atoms with van der Waals surface area (Å²) in [7, 11) is 0. The second-order valence-electron chi connectivity index (χ2n) is 4.94. The van der Waals surface area contributed by atoms with E-state index in [1.54, 1.807) is 24.4 Å². The van der Waals surface area contributed by atoms with Crippen molar-refractivity contribution in [3.63, 3.8) is 0 Å². The van der Waals surface area contributed by atoms with Gasteiger partial charge < -0.3 is 10.1 Å². The van der Waals surface area contributed by atoms with Crippen molar-refractivity contribution in [1.82, 2.24) is 5.32 Å². The maximum absolute atomic E-state index is 12.5. The Balaban J connectivity index is 1.75. The van der Waals surface area contributed by atoms with E-state index < -0.39 is 12.0 Å². The van der Waals surface area contributed by atoms with Gasteiger partial charge in [-0.15, -0.1) is 22.7 Å². The Bertz CT molecular complexity index is 912. The van der Waals surface area contributed by atoms with Crippen LogP contribution in [0, 0.1) is 0 Å². The minimum atomic E-state index is -0.819. The number of carbonyl (C=O) groups excluding carboxylic acids is 3. The summed E-state index contributed by atoms with van der Waals surface area (Å²) in [5, 5.41) is 7.88. The molecule has 0 saturated heterocycles. The van der Waals surface area contributed by atoms with Crippen molar-refractivity contribution in [2.45, 2.75) is 6.92 Å². The minimum Gasteiger partial charge on any atom is -0.450 e. The quantitative estimate of drug-likeness (QED) is 0.720. The second-order valence-corrected chi connectivity index (χ2v) is 6.94. The summed E-state index contributed by atoms with van der Waals surface area (Å²) in [5.74, 6) is -0.917. The van der Waals surface area contributed by atoms with E-state index in [-0.39, 0.29) is 18.1 Å². The van der Waals surface area contributed by atoms with Gasteiger partial charge >= 0.3 is 6.09 Å². The molecule has 3 aromatic rings. The molecular formula is C17H14N2O4S2. The predicted molar refractivity (Wildman–Crippen MR) is 98.6 cm³/mol. The number of nitrogens with one attached hydrogen (secondary N) is 2. The molecule has 3 rings (SSSR count). The normalized spacial score (nSPS) is 10.4. The van der Waals surface area contributed by atoms with Crippen molar-refractivity contribution >= 4 is 55.7 Å². The van der Waals surface area contributed by atoms with Crippen molar-refractivity contribution in [3.8, 4) is 0 Å². The van der Waals surface area contributed by atoms with Gasteiger partial charge in [0.25, 0.3) is 11.8 Å². The van der Waals surface area contributed by atoms with Crippen LogP contribution in [-0.4, -0.2) is 24.5 Å². The van der Waals surface area contributed by atoms with E-state index in [1.165, 1.54) is 22.7 Å². The van der Waals surface area contributed by atoms with E-state index in [4.69, 9.17) is 0 Å². The van der Waals surface area contributed by atoms with Crippen molar-refractivity contribution in [1.29, 1.82) is 0 Å². The minimum absolute atomic E-state index is 0.165. The first kappa shape index (κ1) is 17.1. The molecule has 0 saturated carbocycles. The first-order valence-electron chi connectivity index (χ1n) is 7.44. The molecule has 8 heteroatoms. The first-order chi connectivity index (χ1) is 12.1. The van der Waals surface area contributed by atoms with E-state index in [2.05, 4.69) is 15.4 Å². The number of hydrogen-bond donors (Lipinski definition) is 2. The van der Waals surface area contributed by atoms with Gasteiger partial charge in [-0.3, -0.25) is 14.9 Å². The number of hydrogen-bond acceptors (Lipinski definition) is 6. The van der Waals surface area contributed by atoms with Crippen LogP contribution in [0.15, 0.2) is 41.8 Å². The lowest BCUT2D eigenvalue weighted by Crippen LogP contribution is -2.31. The Morgan fingerprint density at radius 2 is 1.92 bits per heavy atom. The van der Waals surface area contributed by atoms with Crippen LogP contribution >= 0.6 is 22.7 Å². The monoisotopic (exact) mass is 374 g/mol. The lowest BCUT2D eigenvalue weighted by Gasteiger charge is -2.06. The van der Waals surface area contributed by atoms with Gasteiger partial charge in [-0.2, -0.15) is 0 Å². The number of alkyl carbamates (subject to hydrolysis) is 1. The van der Waals surface area contributed by atoms with Crippen molar-refractivity contribution < 1.29 is 19.1 Å². The Hall–Kier alpha value is -2.71. The van der Waals surface area contributed by atoms with Gasteiger partial charge in [-0.05, 0) is 35.9 Å². The van der Waals surface area contributed by atoms with Crippen molar-refractivity contribution in [2.75, 3.05) is 11.9 Å². The van der Waals surface area contributed by atoms with Gasteiger partial charge in [0.2, 0.25) is 0 Å². The fourth-order valence-electron chi connectivity index (χ4n) is 2.17. The van der Waals surface area contributed by atoms with Crippen LogP contribution in [0.1, 0.15) is 27.0 Å². The zero-order chi connectivity index (χ0) is 17.8. The molecule has 3 amide bonds. The molecular weight excluding hydrogens is 360 g/mol. The third-order valence-corrected chi connectivity index (χ3v) is 5.22. The van der Waals surface area contributed by atoms with Crippen LogP contribution < -0.4 is 10.6 Å². The number of rotatable bonds is 4. The summed E-state index contributed by atoms with van der Waals surface area (Å²) in [6.45, 7) is 1.81. The Morgan fingerprint density at radius 3 is 2.68 bits per heavy atom. The zero-order valence-corrected chi connectivity index (χ0v) is 14.8. The van der Waals surface area contributed by atoms with Gasteiger partial charge in [-0.25, -0.2) is 4.79 Å². The molecule has 0 radical (unpaired) electrons. The average molecular weight is 374 g/mol. The molecule has 128 valence electrons. The standard InChI is InChI=1S/C17H14N2O4S2/c1-2-23-17(22)19-14(20)11-7-8-24-16(11)18-15(21)13-9-10-5-3-4-6-12(10)25-13/h3-9H,2H2,1H3,(H,18,21)(H,19,20,22).